The summed E-state index contributed by atoms with van der Waals surface area (Å²) in [6, 6.07) is -5.07. The molecule has 0 saturated carbocycles. The molecule has 33 heavy (non-hydrogen) atoms. The lowest BCUT2D eigenvalue weighted by Crippen LogP contribution is -2.59. The zero-order chi connectivity index (χ0) is 24.7. The molecule has 9 N–H and O–H groups in total. The Morgan fingerprint density at radius 3 is 2.45 bits per heavy atom. The maximum absolute atomic E-state index is 13.0. The lowest BCUT2D eigenvalue weighted by atomic mass is 10.1. The van der Waals surface area contributed by atoms with Crippen LogP contribution in [0.1, 0.15) is 31.9 Å². The van der Waals surface area contributed by atoms with Crippen molar-refractivity contribution in [2.45, 2.75) is 62.9 Å². The summed E-state index contributed by atoms with van der Waals surface area (Å²) >= 11 is 0. The van der Waals surface area contributed by atoms with Gasteiger partial charge >= 0.3 is 5.97 Å². The van der Waals surface area contributed by atoms with Crippen LogP contribution in [0.3, 0.4) is 0 Å². The summed E-state index contributed by atoms with van der Waals surface area (Å²) in [5, 5.41) is 23.7. The SMILES string of the molecule is CC(O)C(N)C(=O)NC(Cc1cnc[nH]1)C(=O)NC(CC(N)=O)C(=O)N1CCCC1C(=O)O. The van der Waals surface area contributed by atoms with Crippen molar-refractivity contribution in [3.8, 4) is 0 Å². The van der Waals surface area contributed by atoms with Crippen molar-refractivity contribution in [2.24, 2.45) is 11.5 Å². The molecule has 1 aliphatic heterocycles. The van der Waals surface area contributed by atoms with E-state index in [-0.39, 0.29) is 19.4 Å². The Hall–Kier alpha value is -3.52. The number of aromatic nitrogens is 2. The van der Waals surface area contributed by atoms with E-state index in [0.717, 1.165) is 4.90 Å². The smallest absolute Gasteiger partial charge is 0.326 e. The average Bonchev–Trinajstić information content (AvgIpc) is 3.43. The summed E-state index contributed by atoms with van der Waals surface area (Å²) in [7, 11) is 0. The second-order valence-electron chi connectivity index (χ2n) is 7.87. The number of nitrogens with zero attached hydrogens (tertiary/aromatic N) is 2. The molecule has 1 aromatic rings. The van der Waals surface area contributed by atoms with Crippen LogP contribution in [0.25, 0.3) is 0 Å². The van der Waals surface area contributed by atoms with Crippen LogP contribution in [-0.4, -0.2) is 91.5 Å². The number of hydrogen-bond acceptors (Lipinski definition) is 8. The molecule has 182 valence electrons. The van der Waals surface area contributed by atoms with Crippen LogP contribution >= 0.6 is 0 Å². The zero-order valence-electron chi connectivity index (χ0n) is 18.1. The summed E-state index contributed by atoms with van der Waals surface area (Å²) in [6.45, 7) is 1.46. The number of carboxylic acids is 1. The number of hydrogen-bond donors (Lipinski definition) is 7. The van der Waals surface area contributed by atoms with Gasteiger partial charge in [-0.25, -0.2) is 9.78 Å². The number of amides is 4. The first-order chi connectivity index (χ1) is 15.5. The van der Waals surface area contributed by atoms with Gasteiger partial charge in [0.15, 0.2) is 0 Å². The molecule has 0 aliphatic carbocycles. The quantitative estimate of drug-likeness (QED) is 0.171. The molecule has 5 atom stereocenters. The third kappa shape index (κ3) is 6.98. The molecular formula is C19H29N7O7. The number of aromatic amines is 1. The fourth-order valence-corrected chi connectivity index (χ4v) is 3.47. The van der Waals surface area contributed by atoms with E-state index in [1.54, 1.807) is 0 Å². The first kappa shape index (κ1) is 25.7. The molecule has 1 aromatic heterocycles. The van der Waals surface area contributed by atoms with Gasteiger partial charge in [-0.05, 0) is 19.8 Å². The maximum Gasteiger partial charge on any atom is 0.326 e. The lowest BCUT2D eigenvalue weighted by molar-refractivity contribution is -0.149. The van der Waals surface area contributed by atoms with Crippen molar-refractivity contribution >= 4 is 29.6 Å². The van der Waals surface area contributed by atoms with Gasteiger partial charge in [0.1, 0.15) is 24.2 Å². The lowest BCUT2D eigenvalue weighted by Gasteiger charge is -2.28. The van der Waals surface area contributed by atoms with Gasteiger partial charge in [0.2, 0.25) is 23.6 Å². The number of carbonyl (C=O) groups excluding carboxylic acids is 4. The van der Waals surface area contributed by atoms with Gasteiger partial charge < -0.3 is 42.2 Å². The van der Waals surface area contributed by atoms with E-state index in [1.807, 2.05) is 0 Å². The third-order valence-corrected chi connectivity index (χ3v) is 5.28. The van der Waals surface area contributed by atoms with Crippen molar-refractivity contribution in [3.05, 3.63) is 18.2 Å². The molecule has 1 fully saturated rings. The first-order valence-corrected chi connectivity index (χ1v) is 10.3. The van der Waals surface area contributed by atoms with Crippen LogP contribution in [-0.2, 0) is 30.4 Å². The van der Waals surface area contributed by atoms with Gasteiger partial charge in [-0.15, -0.1) is 0 Å². The van der Waals surface area contributed by atoms with Crippen molar-refractivity contribution in [2.75, 3.05) is 6.54 Å². The number of imidazole rings is 1. The molecule has 0 bridgehead atoms. The summed E-state index contributed by atoms with van der Waals surface area (Å²) < 4.78 is 0. The van der Waals surface area contributed by atoms with E-state index < -0.39 is 66.3 Å². The highest BCUT2D eigenvalue weighted by molar-refractivity contribution is 5.96. The molecule has 2 rings (SSSR count). The van der Waals surface area contributed by atoms with Crippen molar-refractivity contribution in [1.82, 2.24) is 25.5 Å². The minimum absolute atomic E-state index is 0.0664. The molecule has 0 radical (unpaired) electrons. The number of aliphatic hydroxyl groups is 1. The zero-order valence-corrected chi connectivity index (χ0v) is 18.1. The van der Waals surface area contributed by atoms with Crippen LogP contribution in [0.4, 0.5) is 0 Å². The molecular weight excluding hydrogens is 438 g/mol. The number of carbonyl (C=O) groups is 5. The number of aliphatic carboxylic acids is 1. The Morgan fingerprint density at radius 2 is 1.91 bits per heavy atom. The molecule has 14 heteroatoms. The van der Waals surface area contributed by atoms with Gasteiger partial charge in [0, 0.05) is 24.9 Å². The van der Waals surface area contributed by atoms with Crippen molar-refractivity contribution < 1.29 is 34.2 Å². The summed E-state index contributed by atoms with van der Waals surface area (Å²) in [4.78, 5) is 69.0. The van der Waals surface area contributed by atoms with Crippen LogP contribution in [0.2, 0.25) is 0 Å². The molecule has 2 heterocycles. The minimum Gasteiger partial charge on any atom is -0.480 e. The number of rotatable bonds is 11. The second kappa shape index (κ2) is 11.4. The van der Waals surface area contributed by atoms with Crippen molar-refractivity contribution in [3.63, 3.8) is 0 Å². The first-order valence-electron chi connectivity index (χ1n) is 10.3. The predicted molar refractivity (Wildman–Crippen MR) is 112 cm³/mol. The minimum atomic E-state index is -1.43. The van der Waals surface area contributed by atoms with Crippen LogP contribution < -0.4 is 22.1 Å². The maximum atomic E-state index is 13.0. The Bertz CT molecular complexity index is 874. The second-order valence-corrected chi connectivity index (χ2v) is 7.87. The topological polar surface area (TPSA) is 234 Å². The number of nitrogens with two attached hydrogens (primary N) is 2. The average molecular weight is 467 g/mol. The Morgan fingerprint density at radius 1 is 1.24 bits per heavy atom. The largest absolute Gasteiger partial charge is 0.480 e. The molecule has 14 nitrogen and oxygen atoms in total. The fourth-order valence-electron chi connectivity index (χ4n) is 3.47. The Labute approximate surface area is 189 Å². The van der Waals surface area contributed by atoms with E-state index in [4.69, 9.17) is 11.5 Å². The highest BCUT2D eigenvalue weighted by atomic mass is 16.4. The normalized spacial score (nSPS) is 19.2. The standard InChI is InChI=1S/C19H29N7O7/c1-9(27)15(21)17(30)24-11(5-10-7-22-8-23-10)16(29)25-12(6-14(20)28)18(31)26-4-2-3-13(26)19(32)33/h7-9,11-13,15,27H,2-6,21H2,1H3,(H2,20,28)(H,22,23)(H,24,30)(H,25,29)(H,32,33). The van der Waals surface area contributed by atoms with Gasteiger partial charge in [-0.2, -0.15) is 0 Å². The molecule has 5 unspecified atom stereocenters. The van der Waals surface area contributed by atoms with Crippen LogP contribution in [0.15, 0.2) is 12.5 Å². The van der Waals surface area contributed by atoms with Gasteiger partial charge in [0.05, 0.1) is 18.9 Å². The highest BCUT2D eigenvalue weighted by Crippen LogP contribution is 2.19. The molecule has 4 amide bonds. The number of H-pyrrole nitrogens is 1. The van der Waals surface area contributed by atoms with E-state index in [9.17, 15) is 34.2 Å². The number of carboxylic acid groups (broad SMARTS) is 1. The molecule has 1 saturated heterocycles. The Kier molecular flexibility index (Phi) is 8.87. The van der Waals surface area contributed by atoms with Crippen LogP contribution in [0, 0.1) is 0 Å². The van der Waals surface area contributed by atoms with E-state index in [1.165, 1.54) is 19.4 Å². The van der Waals surface area contributed by atoms with Gasteiger partial charge in [0.25, 0.3) is 0 Å². The molecule has 1 aliphatic rings. The fraction of sp³-hybridized carbons (Fsp3) is 0.579. The monoisotopic (exact) mass is 467 g/mol. The number of aliphatic hydroxyl groups excluding tert-OH is 1. The predicted octanol–water partition coefficient (Wildman–Crippen LogP) is -3.42. The number of primary amides is 1. The summed E-state index contributed by atoms with van der Waals surface area (Å²) in [5.41, 5.74) is 11.3. The summed E-state index contributed by atoms with van der Waals surface area (Å²) in [5.74, 6) is -4.49. The van der Waals surface area contributed by atoms with Gasteiger partial charge in [-0.3, -0.25) is 19.2 Å². The number of likely N-dealkylation sites (tertiary alicyclic amines) is 1. The Balaban J connectivity index is 2.22. The molecule has 0 aromatic carbocycles. The third-order valence-electron chi connectivity index (χ3n) is 5.28. The van der Waals surface area contributed by atoms with E-state index >= 15 is 0 Å². The van der Waals surface area contributed by atoms with E-state index in [0.29, 0.717) is 12.1 Å². The van der Waals surface area contributed by atoms with Gasteiger partial charge in [-0.1, -0.05) is 0 Å². The number of nitrogens with one attached hydrogen (secondary N) is 3. The highest BCUT2D eigenvalue weighted by Gasteiger charge is 2.39. The summed E-state index contributed by atoms with van der Waals surface area (Å²) in [6.07, 6.45) is 1.67. The van der Waals surface area contributed by atoms with Crippen molar-refractivity contribution in [1.29, 1.82) is 0 Å². The van der Waals surface area contributed by atoms with Crippen LogP contribution in [0.5, 0.6) is 0 Å². The molecule has 0 spiro atoms. The van der Waals surface area contributed by atoms with E-state index in [2.05, 4.69) is 20.6 Å².